The van der Waals surface area contributed by atoms with E-state index in [0.717, 1.165) is 5.56 Å². The van der Waals surface area contributed by atoms with Crippen LogP contribution < -0.4 is 15.4 Å². The molecule has 0 aliphatic carbocycles. The van der Waals surface area contributed by atoms with Gasteiger partial charge in [0, 0.05) is 12.4 Å². The van der Waals surface area contributed by atoms with Gasteiger partial charge in [0.15, 0.2) is 6.10 Å². The first-order chi connectivity index (χ1) is 9.66. The standard InChI is InChI=1S/C15H15N3O2/c1-10-15(19)18(9-11-4-3-7-17-8-11)14-12(16)5-2-6-13(14)20-10/h2-8,10H,9,16H2,1H3. The number of hydrogen-bond acceptors (Lipinski definition) is 4. The maximum atomic E-state index is 12.4. The van der Waals surface area contributed by atoms with Gasteiger partial charge in [-0.05, 0) is 30.7 Å². The molecule has 2 N–H and O–H groups in total. The highest BCUT2D eigenvalue weighted by atomic mass is 16.5. The van der Waals surface area contributed by atoms with Crippen molar-refractivity contribution in [3.05, 3.63) is 48.3 Å². The van der Waals surface area contributed by atoms with Crippen molar-refractivity contribution >= 4 is 17.3 Å². The number of benzene rings is 1. The molecule has 1 amide bonds. The van der Waals surface area contributed by atoms with Gasteiger partial charge in [0.1, 0.15) is 11.4 Å². The number of hydrogen-bond donors (Lipinski definition) is 1. The quantitative estimate of drug-likeness (QED) is 0.846. The lowest BCUT2D eigenvalue weighted by molar-refractivity contribution is -0.125. The Morgan fingerprint density at radius 2 is 2.20 bits per heavy atom. The molecule has 2 heterocycles. The number of pyridine rings is 1. The van der Waals surface area contributed by atoms with E-state index in [1.807, 2.05) is 24.3 Å². The summed E-state index contributed by atoms with van der Waals surface area (Å²) in [6, 6.07) is 9.18. The maximum absolute atomic E-state index is 12.4. The van der Waals surface area contributed by atoms with Gasteiger partial charge in [-0.3, -0.25) is 14.7 Å². The van der Waals surface area contributed by atoms with Gasteiger partial charge in [0.2, 0.25) is 0 Å². The van der Waals surface area contributed by atoms with E-state index in [0.29, 0.717) is 23.7 Å². The summed E-state index contributed by atoms with van der Waals surface area (Å²) in [4.78, 5) is 18.1. The second-order valence-corrected chi connectivity index (χ2v) is 4.74. The Labute approximate surface area is 117 Å². The summed E-state index contributed by atoms with van der Waals surface area (Å²) >= 11 is 0. The van der Waals surface area contributed by atoms with Crippen molar-refractivity contribution in [3.8, 4) is 5.75 Å². The third-order valence-electron chi connectivity index (χ3n) is 3.28. The van der Waals surface area contributed by atoms with E-state index >= 15 is 0 Å². The number of nitrogen functional groups attached to an aromatic ring is 1. The predicted octanol–water partition coefficient (Wildman–Crippen LogP) is 1.98. The van der Waals surface area contributed by atoms with E-state index in [1.54, 1.807) is 30.3 Å². The van der Waals surface area contributed by atoms with Crippen LogP contribution in [-0.2, 0) is 11.3 Å². The van der Waals surface area contributed by atoms with Gasteiger partial charge in [-0.2, -0.15) is 0 Å². The second-order valence-electron chi connectivity index (χ2n) is 4.74. The molecular formula is C15H15N3O2. The molecule has 0 saturated carbocycles. The van der Waals surface area contributed by atoms with E-state index in [2.05, 4.69) is 4.98 Å². The minimum absolute atomic E-state index is 0.0979. The topological polar surface area (TPSA) is 68.5 Å². The van der Waals surface area contributed by atoms with Crippen LogP contribution in [0.25, 0.3) is 0 Å². The van der Waals surface area contributed by atoms with Gasteiger partial charge in [0.25, 0.3) is 5.91 Å². The fourth-order valence-corrected chi connectivity index (χ4v) is 2.32. The number of rotatable bonds is 2. The molecule has 0 bridgehead atoms. The molecule has 5 heteroatoms. The molecule has 1 unspecified atom stereocenters. The van der Waals surface area contributed by atoms with Gasteiger partial charge in [-0.25, -0.2) is 0 Å². The number of anilines is 2. The first kappa shape index (κ1) is 12.5. The molecular weight excluding hydrogens is 254 g/mol. The van der Waals surface area contributed by atoms with E-state index in [4.69, 9.17) is 10.5 Å². The van der Waals surface area contributed by atoms with Crippen LogP contribution >= 0.6 is 0 Å². The van der Waals surface area contributed by atoms with Crippen LogP contribution in [0.3, 0.4) is 0 Å². The van der Waals surface area contributed by atoms with Crippen molar-refractivity contribution in [1.29, 1.82) is 0 Å². The maximum Gasteiger partial charge on any atom is 0.268 e. The molecule has 2 aromatic rings. The van der Waals surface area contributed by atoms with Crippen molar-refractivity contribution in [3.63, 3.8) is 0 Å². The molecule has 0 radical (unpaired) electrons. The van der Waals surface area contributed by atoms with Gasteiger partial charge < -0.3 is 10.5 Å². The van der Waals surface area contributed by atoms with Gasteiger partial charge >= 0.3 is 0 Å². The SMILES string of the molecule is CC1Oc2cccc(N)c2N(Cc2cccnc2)C1=O. The fraction of sp³-hybridized carbons (Fsp3) is 0.200. The Morgan fingerprint density at radius 3 is 2.95 bits per heavy atom. The highest BCUT2D eigenvalue weighted by Crippen LogP contribution is 2.39. The smallest absolute Gasteiger partial charge is 0.268 e. The number of para-hydroxylation sites is 1. The summed E-state index contributed by atoms with van der Waals surface area (Å²) in [6.45, 7) is 2.17. The number of carbonyl (C=O) groups excluding carboxylic acids is 1. The molecule has 20 heavy (non-hydrogen) atoms. The monoisotopic (exact) mass is 269 g/mol. The molecule has 1 aliphatic heterocycles. The lowest BCUT2D eigenvalue weighted by atomic mass is 10.1. The third-order valence-corrected chi connectivity index (χ3v) is 3.28. The van der Waals surface area contributed by atoms with E-state index in [1.165, 1.54) is 0 Å². The van der Waals surface area contributed by atoms with Crippen LogP contribution in [0.15, 0.2) is 42.7 Å². The summed E-state index contributed by atoms with van der Waals surface area (Å²) < 4.78 is 5.61. The molecule has 1 aromatic heterocycles. The number of nitrogens with zero attached hydrogens (tertiary/aromatic N) is 2. The molecule has 1 atom stereocenters. The Bertz CT molecular complexity index is 643. The number of fused-ring (bicyclic) bond motifs is 1. The summed E-state index contributed by atoms with van der Waals surface area (Å²) in [5, 5.41) is 0. The molecule has 1 aromatic carbocycles. The van der Waals surface area contributed by atoms with Crippen LogP contribution in [0.1, 0.15) is 12.5 Å². The number of nitrogens with two attached hydrogens (primary N) is 1. The average Bonchev–Trinajstić information content (AvgIpc) is 2.45. The first-order valence-corrected chi connectivity index (χ1v) is 6.42. The summed E-state index contributed by atoms with van der Waals surface area (Å²) in [7, 11) is 0. The molecule has 0 saturated heterocycles. The van der Waals surface area contributed by atoms with Crippen molar-refractivity contribution in [2.75, 3.05) is 10.6 Å². The molecule has 0 fully saturated rings. The fourth-order valence-electron chi connectivity index (χ4n) is 2.32. The van der Waals surface area contributed by atoms with Crippen LogP contribution in [0.5, 0.6) is 5.75 Å². The van der Waals surface area contributed by atoms with Gasteiger partial charge in [0.05, 0.1) is 12.2 Å². The highest BCUT2D eigenvalue weighted by molar-refractivity contribution is 6.02. The zero-order chi connectivity index (χ0) is 14.1. The highest BCUT2D eigenvalue weighted by Gasteiger charge is 2.32. The lowest BCUT2D eigenvalue weighted by Gasteiger charge is -2.33. The normalized spacial score (nSPS) is 17.6. The summed E-state index contributed by atoms with van der Waals surface area (Å²) in [6.07, 6.45) is 2.93. The number of ether oxygens (including phenoxy) is 1. The van der Waals surface area contributed by atoms with Crippen LogP contribution in [0.2, 0.25) is 0 Å². The van der Waals surface area contributed by atoms with Gasteiger partial charge in [-0.15, -0.1) is 0 Å². The molecule has 1 aliphatic rings. The first-order valence-electron chi connectivity index (χ1n) is 6.42. The Hall–Kier alpha value is -2.56. The van der Waals surface area contributed by atoms with Crippen LogP contribution in [-0.4, -0.2) is 17.0 Å². The average molecular weight is 269 g/mol. The Kier molecular flexibility index (Phi) is 3.02. The van der Waals surface area contributed by atoms with Crippen molar-refractivity contribution in [2.45, 2.75) is 19.6 Å². The van der Waals surface area contributed by atoms with E-state index < -0.39 is 6.10 Å². The predicted molar refractivity (Wildman–Crippen MR) is 76.4 cm³/mol. The number of amides is 1. The largest absolute Gasteiger partial charge is 0.479 e. The molecule has 3 rings (SSSR count). The minimum atomic E-state index is -0.513. The Morgan fingerprint density at radius 1 is 1.35 bits per heavy atom. The van der Waals surface area contributed by atoms with Crippen LogP contribution in [0.4, 0.5) is 11.4 Å². The minimum Gasteiger partial charge on any atom is -0.479 e. The Balaban J connectivity index is 2.03. The number of aromatic nitrogens is 1. The number of carbonyl (C=O) groups is 1. The van der Waals surface area contributed by atoms with E-state index in [-0.39, 0.29) is 5.91 Å². The zero-order valence-electron chi connectivity index (χ0n) is 11.1. The lowest BCUT2D eigenvalue weighted by Crippen LogP contribution is -2.44. The second kappa shape index (κ2) is 4.85. The van der Waals surface area contributed by atoms with E-state index in [9.17, 15) is 4.79 Å². The van der Waals surface area contributed by atoms with Crippen LogP contribution in [0, 0.1) is 0 Å². The molecule has 0 spiro atoms. The molecule has 102 valence electrons. The summed E-state index contributed by atoms with van der Waals surface area (Å²) in [5.41, 5.74) is 8.12. The van der Waals surface area contributed by atoms with Crippen molar-refractivity contribution in [1.82, 2.24) is 4.98 Å². The molecule has 5 nitrogen and oxygen atoms in total. The third kappa shape index (κ3) is 2.07. The van der Waals surface area contributed by atoms with Crippen molar-refractivity contribution < 1.29 is 9.53 Å². The zero-order valence-corrected chi connectivity index (χ0v) is 11.1. The summed E-state index contributed by atoms with van der Waals surface area (Å²) in [5.74, 6) is 0.542. The van der Waals surface area contributed by atoms with Gasteiger partial charge in [-0.1, -0.05) is 12.1 Å². The van der Waals surface area contributed by atoms with Crippen molar-refractivity contribution in [2.24, 2.45) is 0 Å².